The Kier molecular flexibility index (Phi) is 4.31. The van der Waals surface area contributed by atoms with Gasteiger partial charge < -0.3 is 20.1 Å². The Hall–Kier alpha value is -1.14. The fourth-order valence-electron chi connectivity index (χ4n) is 4.57. The van der Waals surface area contributed by atoms with Crippen molar-refractivity contribution in [2.24, 2.45) is 11.8 Å². The minimum atomic E-state index is 0.0587. The third-order valence-electron chi connectivity index (χ3n) is 6.74. The molecular formula is C19H30N2O4. The summed E-state index contributed by atoms with van der Waals surface area (Å²) >= 11 is 0. The summed E-state index contributed by atoms with van der Waals surface area (Å²) in [6.07, 6.45) is 6.83. The van der Waals surface area contributed by atoms with E-state index in [1.165, 1.54) is 0 Å². The van der Waals surface area contributed by atoms with Gasteiger partial charge in [-0.2, -0.15) is 0 Å². The van der Waals surface area contributed by atoms with Gasteiger partial charge in [-0.25, -0.2) is 0 Å². The molecule has 2 saturated carbocycles. The first-order valence-corrected chi connectivity index (χ1v) is 9.81. The van der Waals surface area contributed by atoms with Crippen molar-refractivity contribution in [3.05, 3.63) is 0 Å². The Morgan fingerprint density at radius 3 is 1.72 bits per heavy atom. The Morgan fingerprint density at radius 2 is 1.32 bits per heavy atom. The second kappa shape index (κ2) is 6.23. The van der Waals surface area contributed by atoms with Gasteiger partial charge in [-0.05, 0) is 58.8 Å². The molecule has 0 bridgehead atoms. The van der Waals surface area contributed by atoms with Crippen LogP contribution in [0.5, 0.6) is 0 Å². The van der Waals surface area contributed by atoms with Crippen molar-refractivity contribution >= 4 is 11.8 Å². The highest BCUT2D eigenvalue weighted by molar-refractivity contribution is 5.79. The first-order chi connectivity index (χ1) is 11.9. The lowest BCUT2D eigenvalue weighted by Crippen LogP contribution is -2.38. The van der Waals surface area contributed by atoms with Gasteiger partial charge in [0.05, 0.1) is 23.4 Å². The fraction of sp³-hybridized carbons (Fsp3) is 0.895. The molecule has 140 valence electrons. The van der Waals surface area contributed by atoms with Crippen LogP contribution in [0.1, 0.15) is 58.8 Å². The molecule has 2 aliphatic carbocycles. The van der Waals surface area contributed by atoms with Gasteiger partial charge in [0.1, 0.15) is 0 Å². The van der Waals surface area contributed by atoms with Crippen LogP contribution in [-0.4, -0.2) is 48.3 Å². The second-order valence-electron chi connectivity index (χ2n) is 8.72. The van der Waals surface area contributed by atoms with Gasteiger partial charge in [-0.3, -0.25) is 9.59 Å². The first-order valence-electron chi connectivity index (χ1n) is 9.81. The summed E-state index contributed by atoms with van der Waals surface area (Å²) < 4.78 is 11.3. The smallest absolute Gasteiger partial charge is 0.223 e. The highest BCUT2D eigenvalue weighted by Crippen LogP contribution is 2.49. The third kappa shape index (κ3) is 3.56. The predicted molar refractivity (Wildman–Crippen MR) is 91.9 cm³/mol. The average Bonchev–Trinajstić information content (AvgIpc) is 3.45. The standard InChI is InChI=1S/C19H30N2O4/c1-18-6-4-12(10-14(18)24-18)16(22)20-8-3-9-21-17(23)13-5-7-19(2)15(11-13)25-19/h12-15H,3-11H2,1-2H3,(H,20,22)(H,21,23). The van der Waals surface area contributed by atoms with Crippen LogP contribution in [0.3, 0.4) is 0 Å². The fourth-order valence-corrected chi connectivity index (χ4v) is 4.57. The van der Waals surface area contributed by atoms with E-state index in [0.717, 1.165) is 44.9 Å². The molecule has 6 atom stereocenters. The molecule has 0 aromatic heterocycles. The van der Waals surface area contributed by atoms with Crippen molar-refractivity contribution in [3.63, 3.8) is 0 Å². The molecule has 2 saturated heterocycles. The average molecular weight is 350 g/mol. The number of epoxide rings is 2. The van der Waals surface area contributed by atoms with Crippen molar-refractivity contribution in [1.29, 1.82) is 0 Å². The van der Waals surface area contributed by atoms with Crippen molar-refractivity contribution < 1.29 is 19.1 Å². The van der Waals surface area contributed by atoms with Crippen LogP contribution in [0.2, 0.25) is 0 Å². The minimum Gasteiger partial charge on any atom is -0.366 e. The number of carbonyl (C=O) groups is 2. The number of nitrogens with one attached hydrogen (secondary N) is 2. The molecule has 0 spiro atoms. The van der Waals surface area contributed by atoms with Gasteiger partial charge in [-0.1, -0.05) is 0 Å². The van der Waals surface area contributed by atoms with E-state index in [0.29, 0.717) is 13.1 Å². The van der Waals surface area contributed by atoms with Gasteiger partial charge in [0.25, 0.3) is 0 Å². The molecule has 2 aliphatic heterocycles. The third-order valence-corrected chi connectivity index (χ3v) is 6.74. The van der Waals surface area contributed by atoms with Gasteiger partial charge >= 0.3 is 0 Å². The minimum absolute atomic E-state index is 0.0587. The van der Waals surface area contributed by atoms with E-state index in [-0.39, 0.29) is 47.1 Å². The van der Waals surface area contributed by atoms with Crippen LogP contribution < -0.4 is 10.6 Å². The number of ether oxygens (including phenoxy) is 2. The molecule has 6 unspecified atom stereocenters. The number of fused-ring (bicyclic) bond motifs is 2. The Morgan fingerprint density at radius 1 is 0.880 bits per heavy atom. The van der Waals surface area contributed by atoms with E-state index in [1.807, 2.05) is 0 Å². The molecule has 0 aromatic rings. The zero-order valence-electron chi connectivity index (χ0n) is 15.3. The van der Waals surface area contributed by atoms with Crippen molar-refractivity contribution in [3.8, 4) is 0 Å². The maximum Gasteiger partial charge on any atom is 0.223 e. The molecule has 4 fully saturated rings. The molecule has 0 aromatic carbocycles. The normalized spacial score (nSPS) is 44.2. The number of hydrogen-bond acceptors (Lipinski definition) is 4. The van der Waals surface area contributed by atoms with Crippen molar-refractivity contribution in [2.45, 2.75) is 82.2 Å². The zero-order chi connectivity index (χ0) is 17.7. The largest absolute Gasteiger partial charge is 0.366 e. The molecule has 25 heavy (non-hydrogen) atoms. The molecule has 2 heterocycles. The lowest BCUT2D eigenvalue weighted by Gasteiger charge is -2.22. The highest BCUT2D eigenvalue weighted by Gasteiger charge is 2.57. The number of amides is 2. The quantitative estimate of drug-likeness (QED) is 0.562. The molecular weight excluding hydrogens is 320 g/mol. The summed E-state index contributed by atoms with van der Waals surface area (Å²) in [6.45, 7) is 5.51. The van der Waals surface area contributed by atoms with Gasteiger partial charge in [-0.15, -0.1) is 0 Å². The van der Waals surface area contributed by atoms with Gasteiger partial charge in [0, 0.05) is 24.9 Å². The Labute approximate surface area is 149 Å². The van der Waals surface area contributed by atoms with Crippen LogP contribution in [0.25, 0.3) is 0 Å². The van der Waals surface area contributed by atoms with Crippen molar-refractivity contribution in [1.82, 2.24) is 10.6 Å². The Balaban J connectivity index is 1.08. The summed E-state index contributed by atoms with van der Waals surface area (Å²) in [6, 6.07) is 0. The van der Waals surface area contributed by atoms with E-state index < -0.39 is 0 Å². The predicted octanol–water partition coefficient (Wildman–Crippen LogP) is 1.52. The molecule has 4 rings (SSSR count). The van der Waals surface area contributed by atoms with E-state index in [1.54, 1.807) is 0 Å². The van der Waals surface area contributed by atoms with E-state index >= 15 is 0 Å². The zero-order valence-corrected chi connectivity index (χ0v) is 15.3. The Bertz CT molecular complexity index is 520. The summed E-state index contributed by atoms with van der Waals surface area (Å²) in [5, 5.41) is 6.02. The molecule has 2 amide bonds. The molecule has 0 radical (unpaired) electrons. The maximum atomic E-state index is 12.2. The van der Waals surface area contributed by atoms with Crippen LogP contribution >= 0.6 is 0 Å². The number of hydrogen-bond donors (Lipinski definition) is 2. The summed E-state index contributed by atoms with van der Waals surface area (Å²) in [5.41, 5.74) is 0.117. The number of carbonyl (C=O) groups excluding carboxylic acids is 2. The second-order valence-corrected chi connectivity index (χ2v) is 8.72. The van der Waals surface area contributed by atoms with Crippen LogP contribution in [0.15, 0.2) is 0 Å². The first kappa shape index (κ1) is 17.3. The SMILES string of the molecule is CC12CCC(C(=O)NCCCNC(=O)C3CCC4(C)OC4C3)CC1O2. The molecule has 6 heteroatoms. The number of rotatable bonds is 6. The van der Waals surface area contributed by atoms with Gasteiger partial charge in [0.15, 0.2) is 0 Å². The molecule has 6 nitrogen and oxygen atoms in total. The van der Waals surface area contributed by atoms with Crippen molar-refractivity contribution in [2.75, 3.05) is 13.1 Å². The van der Waals surface area contributed by atoms with E-state index in [4.69, 9.17) is 9.47 Å². The van der Waals surface area contributed by atoms with Crippen LogP contribution in [-0.2, 0) is 19.1 Å². The van der Waals surface area contributed by atoms with E-state index in [9.17, 15) is 9.59 Å². The van der Waals surface area contributed by atoms with E-state index in [2.05, 4.69) is 24.5 Å². The monoisotopic (exact) mass is 350 g/mol. The summed E-state index contributed by atoms with van der Waals surface area (Å²) in [5.74, 6) is 0.457. The van der Waals surface area contributed by atoms with Gasteiger partial charge in [0.2, 0.25) is 11.8 Å². The lowest BCUT2D eigenvalue weighted by molar-refractivity contribution is -0.126. The summed E-state index contributed by atoms with van der Waals surface area (Å²) in [7, 11) is 0. The van der Waals surface area contributed by atoms with Crippen LogP contribution in [0.4, 0.5) is 0 Å². The van der Waals surface area contributed by atoms with Crippen LogP contribution in [0, 0.1) is 11.8 Å². The maximum absolute atomic E-state index is 12.2. The molecule has 4 aliphatic rings. The summed E-state index contributed by atoms with van der Waals surface area (Å²) in [4.78, 5) is 24.4. The topological polar surface area (TPSA) is 83.3 Å². The molecule has 2 N–H and O–H groups in total. The highest BCUT2D eigenvalue weighted by atomic mass is 16.6. The lowest BCUT2D eigenvalue weighted by atomic mass is 9.82.